The van der Waals surface area contributed by atoms with Crippen LogP contribution in [0.2, 0.25) is 0 Å². The highest BCUT2D eigenvalue weighted by Gasteiger charge is 2.24. The van der Waals surface area contributed by atoms with Gasteiger partial charge in [0.15, 0.2) is 0 Å². The molecule has 5 heteroatoms. The van der Waals surface area contributed by atoms with E-state index < -0.39 is 0 Å². The van der Waals surface area contributed by atoms with Gasteiger partial charge in [-0.25, -0.2) is 0 Å². The Hall–Kier alpha value is -1.59. The van der Waals surface area contributed by atoms with Crippen LogP contribution in [0, 0.1) is 0 Å². The summed E-state index contributed by atoms with van der Waals surface area (Å²) in [5.74, 6) is 0.294. The molecule has 5 nitrogen and oxygen atoms in total. The molecule has 3 rings (SSSR count). The van der Waals surface area contributed by atoms with E-state index >= 15 is 0 Å². The zero-order chi connectivity index (χ0) is 16.1. The molecule has 2 heterocycles. The summed E-state index contributed by atoms with van der Waals surface area (Å²) in [6, 6.07) is 10.5. The van der Waals surface area contributed by atoms with Crippen LogP contribution in [-0.2, 0) is 4.79 Å². The summed E-state index contributed by atoms with van der Waals surface area (Å²) in [6.07, 6.45) is 0. The third-order valence-electron chi connectivity index (χ3n) is 5.02. The maximum atomic E-state index is 12.5. The number of likely N-dealkylation sites (N-methyl/N-ethyl adjacent to an activating group) is 1. The molecule has 0 aromatic heterocycles. The number of hydrogen-bond acceptors (Lipinski definition) is 4. The van der Waals surface area contributed by atoms with E-state index in [1.54, 1.807) is 0 Å². The Morgan fingerprint density at radius 2 is 1.48 bits per heavy atom. The van der Waals surface area contributed by atoms with Crippen molar-refractivity contribution in [1.82, 2.24) is 14.7 Å². The SMILES string of the molecule is CCN1CCN(CC(=O)N2CCN(c3ccccc3)CC2)CC1. The predicted molar refractivity (Wildman–Crippen MR) is 93.8 cm³/mol. The van der Waals surface area contributed by atoms with Gasteiger partial charge in [-0.3, -0.25) is 9.69 Å². The average Bonchev–Trinajstić information content (AvgIpc) is 2.63. The van der Waals surface area contributed by atoms with Crippen molar-refractivity contribution in [3.63, 3.8) is 0 Å². The number of nitrogens with zero attached hydrogens (tertiary/aromatic N) is 4. The lowest BCUT2D eigenvalue weighted by Crippen LogP contribution is -2.53. The van der Waals surface area contributed by atoms with Gasteiger partial charge in [0.05, 0.1) is 6.54 Å². The highest BCUT2D eigenvalue weighted by Crippen LogP contribution is 2.15. The lowest BCUT2D eigenvalue weighted by atomic mass is 10.2. The number of piperazine rings is 2. The maximum absolute atomic E-state index is 12.5. The molecule has 126 valence electrons. The van der Waals surface area contributed by atoms with Crippen molar-refractivity contribution in [3.05, 3.63) is 30.3 Å². The smallest absolute Gasteiger partial charge is 0.236 e. The van der Waals surface area contributed by atoms with Crippen molar-refractivity contribution < 1.29 is 4.79 Å². The molecule has 0 atom stereocenters. The quantitative estimate of drug-likeness (QED) is 0.828. The second-order valence-electron chi connectivity index (χ2n) is 6.41. The lowest BCUT2D eigenvalue weighted by Gasteiger charge is -2.38. The Morgan fingerprint density at radius 1 is 0.870 bits per heavy atom. The zero-order valence-corrected chi connectivity index (χ0v) is 14.2. The van der Waals surface area contributed by atoms with Crippen LogP contribution >= 0.6 is 0 Å². The van der Waals surface area contributed by atoms with Crippen LogP contribution in [0.4, 0.5) is 5.69 Å². The van der Waals surface area contributed by atoms with Crippen LogP contribution in [0.15, 0.2) is 30.3 Å². The van der Waals surface area contributed by atoms with E-state index in [0.717, 1.165) is 58.9 Å². The first-order chi connectivity index (χ1) is 11.3. The number of rotatable bonds is 4. The molecule has 2 fully saturated rings. The summed E-state index contributed by atoms with van der Waals surface area (Å²) in [5, 5.41) is 0. The number of para-hydroxylation sites is 1. The molecule has 1 aromatic carbocycles. The first kappa shape index (κ1) is 16.3. The standard InChI is InChI=1S/C18H28N4O/c1-2-19-8-10-20(11-9-19)16-18(23)22-14-12-21(13-15-22)17-6-4-3-5-7-17/h3-7H,2,8-16H2,1H3. The van der Waals surface area contributed by atoms with Gasteiger partial charge in [0.1, 0.15) is 0 Å². The number of carbonyl (C=O) groups is 1. The second kappa shape index (κ2) is 7.79. The van der Waals surface area contributed by atoms with Gasteiger partial charge in [-0.2, -0.15) is 0 Å². The topological polar surface area (TPSA) is 30.0 Å². The van der Waals surface area contributed by atoms with E-state index in [0.29, 0.717) is 12.5 Å². The van der Waals surface area contributed by atoms with Crippen molar-refractivity contribution >= 4 is 11.6 Å². The summed E-state index contributed by atoms with van der Waals surface area (Å²) in [6.45, 7) is 11.6. The lowest BCUT2D eigenvalue weighted by molar-refractivity contribution is -0.133. The van der Waals surface area contributed by atoms with Gasteiger partial charge in [0, 0.05) is 58.0 Å². The molecule has 0 unspecified atom stereocenters. The fraction of sp³-hybridized carbons (Fsp3) is 0.611. The molecule has 23 heavy (non-hydrogen) atoms. The van der Waals surface area contributed by atoms with E-state index in [2.05, 4.69) is 45.9 Å². The molecular formula is C18H28N4O. The van der Waals surface area contributed by atoms with Crippen LogP contribution in [0.5, 0.6) is 0 Å². The van der Waals surface area contributed by atoms with Gasteiger partial charge in [-0.05, 0) is 18.7 Å². The monoisotopic (exact) mass is 316 g/mol. The largest absolute Gasteiger partial charge is 0.368 e. The van der Waals surface area contributed by atoms with Gasteiger partial charge in [-0.1, -0.05) is 25.1 Å². The van der Waals surface area contributed by atoms with Gasteiger partial charge in [0.25, 0.3) is 0 Å². The number of anilines is 1. The molecular weight excluding hydrogens is 288 g/mol. The molecule has 0 bridgehead atoms. The molecule has 1 aromatic rings. The van der Waals surface area contributed by atoms with E-state index in [9.17, 15) is 4.79 Å². The summed E-state index contributed by atoms with van der Waals surface area (Å²) in [5.41, 5.74) is 1.26. The van der Waals surface area contributed by atoms with Crippen LogP contribution in [-0.4, -0.2) is 86.1 Å². The Bertz CT molecular complexity index is 491. The fourth-order valence-electron chi connectivity index (χ4n) is 3.41. The summed E-state index contributed by atoms with van der Waals surface area (Å²) < 4.78 is 0. The molecule has 2 saturated heterocycles. The van der Waals surface area contributed by atoms with E-state index in [1.165, 1.54) is 5.69 Å². The summed E-state index contributed by atoms with van der Waals surface area (Å²) in [7, 11) is 0. The van der Waals surface area contributed by atoms with Gasteiger partial charge in [-0.15, -0.1) is 0 Å². The van der Waals surface area contributed by atoms with Crippen LogP contribution in [0.25, 0.3) is 0 Å². The highest BCUT2D eigenvalue weighted by atomic mass is 16.2. The third-order valence-corrected chi connectivity index (χ3v) is 5.02. The average molecular weight is 316 g/mol. The van der Waals surface area contributed by atoms with Crippen LogP contribution in [0.1, 0.15) is 6.92 Å². The molecule has 1 amide bonds. The van der Waals surface area contributed by atoms with Gasteiger partial charge in [0.2, 0.25) is 5.91 Å². The van der Waals surface area contributed by atoms with Gasteiger partial charge < -0.3 is 14.7 Å². The van der Waals surface area contributed by atoms with E-state index in [4.69, 9.17) is 0 Å². The van der Waals surface area contributed by atoms with E-state index in [-0.39, 0.29) is 0 Å². The minimum atomic E-state index is 0.294. The zero-order valence-electron chi connectivity index (χ0n) is 14.2. The Morgan fingerprint density at radius 3 is 2.09 bits per heavy atom. The summed E-state index contributed by atoms with van der Waals surface area (Å²) >= 11 is 0. The van der Waals surface area contributed by atoms with Crippen molar-refractivity contribution in [1.29, 1.82) is 0 Å². The molecule has 0 radical (unpaired) electrons. The molecule has 0 spiro atoms. The number of benzene rings is 1. The Kier molecular flexibility index (Phi) is 5.51. The molecule has 2 aliphatic heterocycles. The normalized spacial score (nSPS) is 20.7. The van der Waals surface area contributed by atoms with Crippen LogP contribution in [0.3, 0.4) is 0 Å². The first-order valence-corrected chi connectivity index (χ1v) is 8.78. The first-order valence-electron chi connectivity index (χ1n) is 8.78. The predicted octanol–water partition coefficient (Wildman–Crippen LogP) is 0.973. The van der Waals surface area contributed by atoms with Crippen molar-refractivity contribution in [2.75, 3.05) is 70.3 Å². The van der Waals surface area contributed by atoms with Crippen molar-refractivity contribution in [2.24, 2.45) is 0 Å². The number of carbonyl (C=O) groups excluding carboxylic acids is 1. The van der Waals surface area contributed by atoms with Crippen molar-refractivity contribution in [2.45, 2.75) is 6.92 Å². The Balaban J connectivity index is 1.43. The molecule has 0 aliphatic carbocycles. The van der Waals surface area contributed by atoms with Crippen LogP contribution < -0.4 is 4.90 Å². The minimum absolute atomic E-state index is 0.294. The highest BCUT2D eigenvalue weighted by molar-refractivity contribution is 5.78. The van der Waals surface area contributed by atoms with Gasteiger partial charge >= 0.3 is 0 Å². The van der Waals surface area contributed by atoms with Crippen molar-refractivity contribution in [3.8, 4) is 0 Å². The van der Waals surface area contributed by atoms with E-state index in [1.807, 2.05) is 11.0 Å². The Labute approximate surface area is 139 Å². The molecule has 2 aliphatic rings. The number of hydrogen-bond donors (Lipinski definition) is 0. The fourth-order valence-corrected chi connectivity index (χ4v) is 3.41. The molecule has 0 N–H and O–H groups in total. The third kappa shape index (κ3) is 4.24. The number of amides is 1. The molecule has 0 saturated carbocycles. The minimum Gasteiger partial charge on any atom is -0.368 e. The maximum Gasteiger partial charge on any atom is 0.236 e. The summed E-state index contributed by atoms with van der Waals surface area (Å²) in [4.78, 5) is 21.7. The second-order valence-corrected chi connectivity index (χ2v) is 6.41.